The van der Waals surface area contributed by atoms with Crippen LogP contribution in [-0.2, 0) is 4.79 Å². The Kier molecular flexibility index (Phi) is 2.33. The molecule has 0 fully saturated rings. The summed E-state index contributed by atoms with van der Waals surface area (Å²) in [5.41, 5.74) is 1.99. The molecule has 1 aliphatic carbocycles. The van der Waals surface area contributed by atoms with Crippen molar-refractivity contribution in [3.05, 3.63) is 40.3 Å². The standard InChI is InChI=1S/C12H6Cl2N2O2/c1-5-2-3-16-6(4-5)15-9-7(13)8(14)11(17)12(18)10(9)16/h2-4H,1H3. The van der Waals surface area contributed by atoms with Crippen LogP contribution in [0.5, 0.6) is 0 Å². The van der Waals surface area contributed by atoms with Crippen molar-refractivity contribution in [3.8, 4) is 0 Å². The molecule has 0 unspecified atom stereocenters. The summed E-state index contributed by atoms with van der Waals surface area (Å²) in [6.07, 6.45) is 1.69. The van der Waals surface area contributed by atoms with Crippen LogP contribution >= 0.6 is 23.2 Å². The summed E-state index contributed by atoms with van der Waals surface area (Å²) in [7, 11) is 0. The Morgan fingerprint density at radius 1 is 1.17 bits per heavy atom. The summed E-state index contributed by atoms with van der Waals surface area (Å²) < 4.78 is 1.55. The Hall–Kier alpha value is -1.65. The van der Waals surface area contributed by atoms with Crippen LogP contribution in [0.2, 0.25) is 0 Å². The molecule has 4 nitrogen and oxygen atoms in total. The molecule has 0 aliphatic heterocycles. The predicted molar refractivity (Wildman–Crippen MR) is 67.9 cm³/mol. The summed E-state index contributed by atoms with van der Waals surface area (Å²) in [6, 6.07) is 3.62. The average molecular weight is 281 g/mol. The number of pyridine rings is 1. The Balaban J connectivity index is 2.46. The first-order valence-corrected chi connectivity index (χ1v) is 5.89. The van der Waals surface area contributed by atoms with E-state index >= 15 is 0 Å². The molecule has 0 saturated carbocycles. The van der Waals surface area contributed by atoms with Crippen molar-refractivity contribution < 1.29 is 9.59 Å². The van der Waals surface area contributed by atoms with Crippen LogP contribution in [0.3, 0.4) is 0 Å². The largest absolute Gasteiger partial charge is 0.296 e. The zero-order valence-electron chi connectivity index (χ0n) is 9.20. The van der Waals surface area contributed by atoms with E-state index in [-0.39, 0.29) is 21.5 Å². The van der Waals surface area contributed by atoms with E-state index in [2.05, 4.69) is 4.98 Å². The van der Waals surface area contributed by atoms with Gasteiger partial charge >= 0.3 is 0 Å². The third-order valence-electron chi connectivity index (χ3n) is 2.80. The number of fused-ring (bicyclic) bond motifs is 3. The van der Waals surface area contributed by atoms with Crippen molar-refractivity contribution in [3.63, 3.8) is 0 Å². The van der Waals surface area contributed by atoms with Crippen molar-refractivity contribution in [1.29, 1.82) is 0 Å². The quantitative estimate of drug-likeness (QED) is 0.697. The number of ketones is 2. The molecule has 0 radical (unpaired) electrons. The molecular weight excluding hydrogens is 275 g/mol. The highest BCUT2D eigenvalue weighted by Gasteiger charge is 2.35. The number of allylic oxidation sites excluding steroid dienone is 1. The van der Waals surface area contributed by atoms with E-state index in [9.17, 15) is 9.59 Å². The van der Waals surface area contributed by atoms with Gasteiger partial charge in [0.25, 0.3) is 5.78 Å². The van der Waals surface area contributed by atoms with E-state index in [1.54, 1.807) is 16.7 Å². The van der Waals surface area contributed by atoms with Gasteiger partial charge in [0.1, 0.15) is 22.1 Å². The summed E-state index contributed by atoms with van der Waals surface area (Å²) in [6.45, 7) is 1.91. The van der Waals surface area contributed by atoms with Gasteiger partial charge in [0.15, 0.2) is 0 Å². The number of halogens is 2. The van der Waals surface area contributed by atoms with Crippen molar-refractivity contribution in [2.75, 3.05) is 0 Å². The van der Waals surface area contributed by atoms with Crippen LogP contribution in [0.1, 0.15) is 21.7 Å². The molecular formula is C12H6Cl2N2O2. The molecule has 3 rings (SSSR count). The van der Waals surface area contributed by atoms with Gasteiger partial charge < -0.3 is 0 Å². The zero-order valence-corrected chi connectivity index (χ0v) is 10.7. The van der Waals surface area contributed by atoms with E-state index in [1.165, 1.54) is 0 Å². The molecule has 0 spiro atoms. The van der Waals surface area contributed by atoms with Gasteiger partial charge in [-0.3, -0.25) is 14.0 Å². The molecule has 0 atom stereocenters. The number of carbonyl (C=O) groups excluding carboxylic acids is 2. The van der Waals surface area contributed by atoms with Crippen LogP contribution in [0.15, 0.2) is 23.4 Å². The minimum absolute atomic E-state index is 0.0256. The molecule has 6 heteroatoms. The van der Waals surface area contributed by atoms with Crippen LogP contribution < -0.4 is 0 Å². The number of hydrogen-bond acceptors (Lipinski definition) is 3. The van der Waals surface area contributed by atoms with E-state index in [4.69, 9.17) is 23.2 Å². The topological polar surface area (TPSA) is 51.4 Å². The molecule has 2 heterocycles. The lowest BCUT2D eigenvalue weighted by atomic mass is 10.1. The van der Waals surface area contributed by atoms with Crippen molar-refractivity contribution >= 4 is 45.4 Å². The highest BCUT2D eigenvalue weighted by molar-refractivity contribution is 6.70. The molecule has 0 N–H and O–H groups in total. The Morgan fingerprint density at radius 2 is 1.89 bits per heavy atom. The van der Waals surface area contributed by atoms with Gasteiger partial charge in [0.2, 0.25) is 5.78 Å². The van der Waals surface area contributed by atoms with Crippen LogP contribution in [-0.4, -0.2) is 21.0 Å². The number of nitrogens with zero attached hydrogens (tertiary/aromatic N) is 2. The molecule has 2 aromatic heterocycles. The van der Waals surface area contributed by atoms with Gasteiger partial charge in [-0.05, 0) is 24.6 Å². The van der Waals surface area contributed by atoms with Gasteiger partial charge in [-0.15, -0.1) is 0 Å². The third kappa shape index (κ3) is 1.36. The second-order valence-corrected chi connectivity index (χ2v) is 4.78. The van der Waals surface area contributed by atoms with Crippen molar-refractivity contribution in [2.24, 2.45) is 0 Å². The van der Waals surface area contributed by atoms with Crippen LogP contribution in [0.25, 0.3) is 10.7 Å². The number of aryl methyl sites for hydroxylation is 1. The number of aromatic nitrogens is 2. The Bertz CT molecular complexity index is 759. The lowest BCUT2D eigenvalue weighted by Crippen LogP contribution is -2.22. The van der Waals surface area contributed by atoms with Gasteiger partial charge in [-0.2, -0.15) is 0 Å². The van der Waals surface area contributed by atoms with E-state index in [0.29, 0.717) is 5.65 Å². The SMILES string of the molecule is Cc1ccn2c3c(nc2c1)C(Cl)=C(Cl)C(=O)C3=O. The maximum Gasteiger partial charge on any atom is 0.253 e. The predicted octanol–water partition coefficient (Wildman–Crippen LogP) is 2.55. The van der Waals surface area contributed by atoms with E-state index in [0.717, 1.165) is 5.56 Å². The minimum Gasteiger partial charge on any atom is -0.296 e. The maximum absolute atomic E-state index is 11.9. The summed E-state index contributed by atoms with van der Waals surface area (Å²) >= 11 is 11.7. The van der Waals surface area contributed by atoms with Gasteiger partial charge in [-0.1, -0.05) is 23.2 Å². The number of rotatable bonds is 0. The molecule has 2 aromatic rings. The molecule has 90 valence electrons. The fourth-order valence-electron chi connectivity index (χ4n) is 1.93. The highest BCUT2D eigenvalue weighted by atomic mass is 35.5. The third-order valence-corrected chi connectivity index (χ3v) is 3.63. The minimum atomic E-state index is -0.795. The van der Waals surface area contributed by atoms with Crippen molar-refractivity contribution in [2.45, 2.75) is 6.92 Å². The molecule has 1 aliphatic rings. The fourth-order valence-corrected chi connectivity index (χ4v) is 2.32. The molecule has 0 saturated heterocycles. The first-order valence-electron chi connectivity index (χ1n) is 5.14. The molecule has 18 heavy (non-hydrogen) atoms. The van der Waals surface area contributed by atoms with Crippen molar-refractivity contribution in [1.82, 2.24) is 9.38 Å². The molecule has 0 bridgehead atoms. The number of imidazole rings is 1. The second-order valence-electron chi connectivity index (χ2n) is 4.03. The molecule has 0 amide bonds. The van der Waals surface area contributed by atoms with Gasteiger partial charge in [-0.25, -0.2) is 4.98 Å². The normalized spacial score (nSPS) is 15.5. The first-order chi connectivity index (χ1) is 8.50. The fraction of sp³-hybridized carbons (Fsp3) is 0.0833. The van der Waals surface area contributed by atoms with Crippen LogP contribution in [0.4, 0.5) is 0 Å². The zero-order chi connectivity index (χ0) is 13.0. The van der Waals surface area contributed by atoms with Gasteiger partial charge in [0, 0.05) is 6.20 Å². The summed E-state index contributed by atoms with van der Waals surface area (Å²) in [5, 5.41) is -0.244. The smallest absolute Gasteiger partial charge is 0.253 e. The monoisotopic (exact) mass is 280 g/mol. The maximum atomic E-state index is 11.9. The van der Waals surface area contributed by atoms with E-state index in [1.807, 2.05) is 13.0 Å². The Morgan fingerprint density at radius 3 is 2.61 bits per heavy atom. The van der Waals surface area contributed by atoms with E-state index < -0.39 is 11.6 Å². The number of carbonyl (C=O) groups is 2. The molecule has 0 aromatic carbocycles. The first kappa shape index (κ1) is 11.4. The lowest BCUT2D eigenvalue weighted by molar-refractivity contribution is -0.111. The summed E-state index contributed by atoms with van der Waals surface area (Å²) in [5.74, 6) is -1.48. The number of hydrogen-bond donors (Lipinski definition) is 0. The lowest BCUT2D eigenvalue weighted by Gasteiger charge is -2.09. The average Bonchev–Trinajstić information content (AvgIpc) is 2.72. The number of Topliss-reactive ketones (excluding diaryl/α,β-unsaturated/α-hetero) is 2. The second kappa shape index (κ2) is 3.67. The summed E-state index contributed by atoms with van der Waals surface area (Å²) in [4.78, 5) is 27.8. The Labute approximate surface area is 112 Å². The van der Waals surface area contributed by atoms with Gasteiger partial charge in [0.05, 0.1) is 5.03 Å². The van der Waals surface area contributed by atoms with Crippen LogP contribution in [0, 0.1) is 6.92 Å². The highest BCUT2D eigenvalue weighted by Crippen LogP contribution is 2.34.